The summed E-state index contributed by atoms with van der Waals surface area (Å²) in [7, 11) is -3.01. The van der Waals surface area contributed by atoms with Crippen molar-refractivity contribution < 1.29 is 12.8 Å². The molecule has 0 aromatic heterocycles. The van der Waals surface area contributed by atoms with Crippen LogP contribution in [0.15, 0.2) is 18.2 Å². The van der Waals surface area contributed by atoms with Crippen LogP contribution in [0.4, 0.5) is 4.39 Å². The molecule has 0 saturated carbocycles. The average molecular weight is 278 g/mol. The van der Waals surface area contributed by atoms with Crippen molar-refractivity contribution in [2.45, 2.75) is 12.5 Å². The Bertz CT molecular complexity index is 498. The van der Waals surface area contributed by atoms with Crippen molar-refractivity contribution >= 4 is 21.4 Å². The molecule has 2 rings (SSSR count). The van der Waals surface area contributed by atoms with Gasteiger partial charge in [-0.15, -0.1) is 0 Å². The van der Waals surface area contributed by atoms with E-state index in [1.165, 1.54) is 12.1 Å². The van der Waals surface area contributed by atoms with Crippen molar-refractivity contribution in [3.05, 3.63) is 34.6 Å². The van der Waals surface area contributed by atoms with Gasteiger partial charge in [-0.25, -0.2) is 12.8 Å². The minimum Gasteiger partial charge on any atom is -0.312 e. The number of hydrogen-bond donors (Lipinski definition) is 1. The summed E-state index contributed by atoms with van der Waals surface area (Å²) < 4.78 is 36.4. The topological polar surface area (TPSA) is 46.2 Å². The largest absolute Gasteiger partial charge is 0.312 e. The van der Waals surface area contributed by atoms with Crippen LogP contribution < -0.4 is 5.32 Å². The fraction of sp³-hybridized carbons (Fsp3) is 0.455. The van der Waals surface area contributed by atoms with Crippen LogP contribution in [0.2, 0.25) is 5.02 Å². The van der Waals surface area contributed by atoms with Crippen LogP contribution in [0.5, 0.6) is 0 Å². The highest BCUT2D eigenvalue weighted by molar-refractivity contribution is 7.91. The van der Waals surface area contributed by atoms with E-state index in [0.29, 0.717) is 23.6 Å². The molecule has 0 aliphatic carbocycles. The molecule has 0 spiro atoms. The maximum absolute atomic E-state index is 13.5. The Hall–Kier alpha value is -0.650. The Morgan fingerprint density at radius 3 is 2.88 bits per heavy atom. The lowest BCUT2D eigenvalue weighted by molar-refractivity contribution is 0.505. The predicted molar refractivity (Wildman–Crippen MR) is 65.6 cm³/mol. The van der Waals surface area contributed by atoms with E-state index in [-0.39, 0.29) is 23.4 Å². The van der Waals surface area contributed by atoms with Crippen LogP contribution in [-0.4, -0.2) is 32.5 Å². The Balaban J connectivity index is 2.16. The quantitative estimate of drug-likeness (QED) is 0.889. The van der Waals surface area contributed by atoms with Crippen molar-refractivity contribution in [2.75, 3.05) is 18.1 Å². The number of sulfone groups is 1. The van der Waals surface area contributed by atoms with Gasteiger partial charge < -0.3 is 5.32 Å². The summed E-state index contributed by atoms with van der Waals surface area (Å²) in [5, 5.41) is 3.42. The third kappa shape index (κ3) is 3.18. The molecule has 1 N–H and O–H groups in total. The van der Waals surface area contributed by atoms with E-state index in [4.69, 9.17) is 11.6 Å². The van der Waals surface area contributed by atoms with Gasteiger partial charge in [-0.2, -0.15) is 0 Å². The van der Waals surface area contributed by atoms with Gasteiger partial charge in [-0.3, -0.25) is 0 Å². The second kappa shape index (κ2) is 4.92. The number of nitrogens with one attached hydrogen (secondary N) is 1. The summed E-state index contributed by atoms with van der Waals surface area (Å²) in [4.78, 5) is 0. The van der Waals surface area contributed by atoms with Crippen LogP contribution in [0.3, 0.4) is 0 Å². The Morgan fingerprint density at radius 1 is 1.47 bits per heavy atom. The summed E-state index contributed by atoms with van der Waals surface area (Å²) in [6.07, 6.45) is 0.296. The zero-order valence-electron chi connectivity index (χ0n) is 9.12. The molecular weight excluding hydrogens is 265 g/mol. The maximum Gasteiger partial charge on any atom is 0.153 e. The first-order valence-electron chi connectivity index (χ1n) is 5.34. The minimum absolute atomic E-state index is 0.0393. The van der Waals surface area contributed by atoms with Crippen LogP contribution >= 0.6 is 11.6 Å². The molecule has 17 heavy (non-hydrogen) atoms. The van der Waals surface area contributed by atoms with Gasteiger partial charge in [0.2, 0.25) is 0 Å². The molecule has 1 saturated heterocycles. The van der Waals surface area contributed by atoms with Crippen molar-refractivity contribution in [2.24, 2.45) is 0 Å². The molecule has 0 amide bonds. The van der Waals surface area contributed by atoms with Gasteiger partial charge in [0.25, 0.3) is 0 Å². The summed E-state index contributed by atoms with van der Waals surface area (Å²) in [5.74, 6) is -0.200. The Kier molecular flexibility index (Phi) is 3.70. The Morgan fingerprint density at radius 2 is 2.24 bits per heavy atom. The number of halogens is 2. The zero-order chi connectivity index (χ0) is 12.5. The van der Waals surface area contributed by atoms with Crippen molar-refractivity contribution in [3.8, 4) is 0 Å². The number of hydrogen-bond acceptors (Lipinski definition) is 3. The van der Waals surface area contributed by atoms with Crippen LogP contribution in [-0.2, 0) is 16.3 Å². The highest BCUT2D eigenvalue weighted by Gasteiger charge is 2.25. The zero-order valence-corrected chi connectivity index (χ0v) is 10.7. The molecule has 1 aromatic rings. The first kappa shape index (κ1) is 12.8. The lowest BCUT2D eigenvalue weighted by atomic mass is 10.1. The fourth-order valence-electron chi connectivity index (χ4n) is 1.97. The first-order chi connectivity index (χ1) is 7.98. The van der Waals surface area contributed by atoms with Gasteiger partial charge in [-0.05, 0) is 18.6 Å². The van der Waals surface area contributed by atoms with Crippen LogP contribution in [0, 0.1) is 5.82 Å². The van der Waals surface area contributed by atoms with Gasteiger partial charge in [0.15, 0.2) is 9.84 Å². The predicted octanol–water partition coefficient (Wildman–Crippen LogP) is 1.41. The lowest BCUT2D eigenvalue weighted by Gasteiger charge is -2.24. The van der Waals surface area contributed by atoms with E-state index in [1.54, 1.807) is 6.07 Å². The molecule has 1 atom stereocenters. The van der Waals surface area contributed by atoms with E-state index >= 15 is 0 Å². The maximum atomic E-state index is 13.5. The van der Waals surface area contributed by atoms with Crippen LogP contribution in [0.1, 0.15) is 5.56 Å². The van der Waals surface area contributed by atoms with Crippen molar-refractivity contribution in [3.63, 3.8) is 0 Å². The van der Waals surface area contributed by atoms with E-state index < -0.39 is 9.84 Å². The van der Waals surface area contributed by atoms with Crippen LogP contribution in [0.25, 0.3) is 0 Å². The lowest BCUT2D eigenvalue weighted by Crippen LogP contribution is -2.46. The standard InChI is InChI=1S/C11H13ClFNO2S/c12-10-2-1-3-11(13)9(10)6-8-7-17(15,16)5-4-14-8/h1-3,8,14H,4-7H2. The molecule has 1 unspecified atom stereocenters. The van der Waals surface area contributed by atoms with Gasteiger partial charge in [0.1, 0.15) is 5.82 Å². The Labute approximate surface area is 105 Å². The van der Waals surface area contributed by atoms with E-state index in [0.717, 1.165) is 0 Å². The van der Waals surface area contributed by atoms with Gasteiger partial charge in [0.05, 0.1) is 11.5 Å². The molecule has 6 heteroatoms. The highest BCUT2D eigenvalue weighted by atomic mass is 35.5. The second-order valence-electron chi connectivity index (χ2n) is 4.17. The van der Waals surface area contributed by atoms with Crippen molar-refractivity contribution in [1.29, 1.82) is 0 Å². The molecule has 1 aliphatic rings. The van der Waals surface area contributed by atoms with Gasteiger partial charge in [0, 0.05) is 23.2 Å². The SMILES string of the molecule is O=S1(=O)CCNC(Cc2c(F)cccc2Cl)C1. The first-order valence-corrected chi connectivity index (χ1v) is 7.54. The third-order valence-electron chi connectivity index (χ3n) is 2.81. The molecule has 1 aromatic carbocycles. The summed E-state index contributed by atoms with van der Waals surface area (Å²) in [5.41, 5.74) is 0.378. The normalized spacial score (nSPS) is 23.5. The van der Waals surface area contributed by atoms with E-state index in [2.05, 4.69) is 5.32 Å². The van der Waals surface area contributed by atoms with E-state index in [1.807, 2.05) is 0 Å². The molecule has 0 bridgehead atoms. The smallest absolute Gasteiger partial charge is 0.153 e. The van der Waals surface area contributed by atoms with E-state index in [9.17, 15) is 12.8 Å². The molecule has 1 aliphatic heterocycles. The number of benzene rings is 1. The highest BCUT2D eigenvalue weighted by Crippen LogP contribution is 2.21. The fourth-order valence-corrected chi connectivity index (χ4v) is 3.66. The van der Waals surface area contributed by atoms with Crippen molar-refractivity contribution in [1.82, 2.24) is 5.32 Å². The summed E-state index contributed by atoms with van der Waals surface area (Å²) >= 11 is 5.90. The second-order valence-corrected chi connectivity index (χ2v) is 6.81. The third-order valence-corrected chi connectivity index (χ3v) is 4.90. The molecule has 3 nitrogen and oxygen atoms in total. The molecule has 0 radical (unpaired) electrons. The summed E-state index contributed by atoms with van der Waals surface area (Å²) in [6, 6.07) is 4.21. The van der Waals surface area contributed by atoms with Gasteiger partial charge in [-0.1, -0.05) is 17.7 Å². The number of rotatable bonds is 2. The monoisotopic (exact) mass is 277 g/mol. The summed E-state index contributed by atoms with van der Waals surface area (Å²) in [6.45, 7) is 0.416. The van der Waals surface area contributed by atoms with Gasteiger partial charge >= 0.3 is 0 Å². The molecule has 94 valence electrons. The molecule has 1 heterocycles. The minimum atomic E-state index is -3.01. The molecule has 1 fully saturated rings. The molecular formula is C11H13ClFNO2S. The average Bonchev–Trinajstić information content (AvgIpc) is 2.22.